The first-order valence-corrected chi connectivity index (χ1v) is 10.6. The van der Waals surface area contributed by atoms with Gasteiger partial charge in [-0.15, -0.1) is 23.4 Å². The van der Waals surface area contributed by atoms with Crippen molar-refractivity contribution in [2.45, 2.75) is 36.9 Å². The minimum atomic E-state index is -0.581. The highest BCUT2D eigenvalue weighted by molar-refractivity contribution is 8.00. The van der Waals surface area contributed by atoms with Crippen LogP contribution in [0.2, 0.25) is 0 Å². The third-order valence-corrected chi connectivity index (χ3v) is 6.46. The summed E-state index contributed by atoms with van der Waals surface area (Å²) in [5.74, 6) is 0.384. The molecule has 0 bridgehead atoms. The number of carbonyl (C=O) groups is 2. The predicted octanol–water partition coefficient (Wildman–Crippen LogP) is 4.52. The fourth-order valence-corrected chi connectivity index (χ4v) is 4.86. The summed E-state index contributed by atoms with van der Waals surface area (Å²) in [5, 5.41) is 2.15. The van der Waals surface area contributed by atoms with Crippen LogP contribution in [0.4, 0.5) is 11.4 Å². The first kappa shape index (κ1) is 18.4. The largest absolute Gasteiger partial charge is 0.325 e. The second-order valence-corrected chi connectivity index (χ2v) is 8.68. The van der Waals surface area contributed by atoms with Gasteiger partial charge in [0.25, 0.3) is 0 Å². The van der Waals surface area contributed by atoms with Crippen molar-refractivity contribution < 1.29 is 9.59 Å². The molecule has 0 aromatic heterocycles. The maximum atomic E-state index is 12.6. The Morgan fingerprint density at radius 2 is 1.93 bits per heavy atom. The quantitative estimate of drug-likeness (QED) is 0.767. The number of benzene rings is 2. The minimum absolute atomic E-state index is 0.0475. The molecule has 1 N–H and O–H groups in total. The molecule has 0 unspecified atom stereocenters. The normalized spacial score (nSPS) is 19.9. The Bertz CT molecular complexity index is 882. The van der Waals surface area contributed by atoms with Crippen molar-refractivity contribution in [3.63, 3.8) is 0 Å². The van der Waals surface area contributed by atoms with E-state index >= 15 is 0 Å². The molecule has 2 amide bonds. The molecule has 2 aromatic rings. The van der Waals surface area contributed by atoms with E-state index in [0.29, 0.717) is 11.4 Å². The maximum Gasteiger partial charge on any atom is 0.242 e. The first-order valence-electron chi connectivity index (χ1n) is 9.13. The van der Waals surface area contributed by atoms with Crippen LogP contribution in [0.5, 0.6) is 0 Å². The van der Waals surface area contributed by atoms with Gasteiger partial charge in [0.2, 0.25) is 11.8 Å². The van der Waals surface area contributed by atoms with Crippen LogP contribution in [-0.4, -0.2) is 22.9 Å². The van der Waals surface area contributed by atoms with E-state index in [1.165, 1.54) is 17.5 Å². The molecule has 0 spiro atoms. The summed E-state index contributed by atoms with van der Waals surface area (Å²) in [7, 11) is 0. The summed E-state index contributed by atoms with van der Waals surface area (Å²) in [6.45, 7) is 1.64. The Balaban J connectivity index is 1.57. The lowest BCUT2D eigenvalue weighted by Crippen LogP contribution is -2.28. The molecule has 6 heteroatoms. The summed E-state index contributed by atoms with van der Waals surface area (Å²) in [6, 6.07) is 14.0. The summed E-state index contributed by atoms with van der Waals surface area (Å²) >= 11 is 7.43. The van der Waals surface area contributed by atoms with Crippen LogP contribution >= 0.6 is 23.4 Å². The average molecular weight is 401 g/mol. The maximum absolute atomic E-state index is 12.6. The number of thioether (sulfide) groups is 1. The van der Waals surface area contributed by atoms with Crippen LogP contribution in [-0.2, 0) is 22.4 Å². The second-order valence-electron chi connectivity index (χ2n) is 6.96. The van der Waals surface area contributed by atoms with Crippen molar-refractivity contribution in [1.29, 1.82) is 0 Å². The van der Waals surface area contributed by atoms with Crippen LogP contribution in [0.25, 0.3) is 0 Å². The molecule has 0 radical (unpaired) electrons. The lowest BCUT2D eigenvalue weighted by molar-refractivity contribution is -0.116. The van der Waals surface area contributed by atoms with Gasteiger partial charge in [-0.2, -0.15) is 0 Å². The number of hydrogen-bond acceptors (Lipinski definition) is 3. The molecule has 4 nitrogen and oxygen atoms in total. The highest BCUT2D eigenvalue weighted by Gasteiger charge is 2.34. The van der Waals surface area contributed by atoms with Crippen molar-refractivity contribution in [1.82, 2.24) is 0 Å². The number of alkyl halides is 1. The fraction of sp³-hybridized carbons (Fsp3) is 0.333. The summed E-state index contributed by atoms with van der Waals surface area (Å²) in [4.78, 5) is 26.2. The predicted molar refractivity (Wildman–Crippen MR) is 112 cm³/mol. The standard InChI is InChI=1S/C21H21ClN2O2S/c1-13(22)20(26)23-17-8-5-15(6-9-17)21-24(19(25)12-27-21)18-10-7-14-3-2-4-16(14)11-18/h5-11,13,21H,2-4,12H2,1H3,(H,23,26)/t13-,21-/m0/s1. The first-order chi connectivity index (χ1) is 13.0. The van der Waals surface area contributed by atoms with Crippen molar-refractivity contribution in [3.8, 4) is 0 Å². The van der Waals surface area contributed by atoms with Gasteiger partial charge in [0.05, 0.1) is 5.75 Å². The van der Waals surface area contributed by atoms with E-state index in [0.717, 1.165) is 24.1 Å². The van der Waals surface area contributed by atoms with E-state index < -0.39 is 5.38 Å². The monoisotopic (exact) mass is 400 g/mol. The average Bonchev–Trinajstić information content (AvgIpc) is 3.28. The minimum Gasteiger partial charge on any atom is -0.325 e. The van der Waals surface area contributed by atoms with Crippen molar-refractivity contribution in [2.75, 3.05) is 16.0 Å². The van der Waals surface area contributed by atoms with E-state index in [1.807, 2.05) is 29.2 Å². The Labute approximate surface area is 168 Å². The van der Waals surface area contributed by atoms with Crippen LogP contribution < -0.4 is 10.2 Å². The molecule has 1 aliphatic heterocycles. The van der Waals surface area contributed by atoms with E-state index in [4.69, 9.17) is 11.6 Å². The molecular formula is C21H21ClN2O2S. The molecule has 1 aliphatic carbocycles. The number of amides is 2. The smallest absolute Gasteiger partial charge is 0.242 e. The highest BCUT2D eigenvalue weighted by atomic mass is 35.5. The Kier molecular flexibility index (Phi) is 5.15. The van der Waals surface area contributed by atoms with E-state index in [2.05, 4.69) is 23.5 Å². The molecule has 0 saturated carbocycles. The zero-order chi connectivity index (χ0) is 19.0. The Morgan fingerprint density at radius 3 is 2.67 bits per heavy atom. The van der Waals surface area contributed by atoms with Gasteiger partial charge in [-0.05, 0) is 67.1 Å². The molecule has 2 aromatic carbocycles. The van der Waals surface area contributed by atoms with Crippen molar-refractivity contribution in [3.05, 3.63) is 59.2 Å². The third-order valence-electron chi connectivity index (χ3n) is 5.05. The number of nitrogens with zero attached hydrogens (tertiary/aromatic N) is 1. The van der Waals surface area contributed by atoms with E-state index in [1.54, 1.807) is 18.7 Å². The number of halogens is 1. The summed E-state index contributed by atoms with van der Waals surface area (Å²) < 4.78 is 0. The molecule has 2 atom stereocenters. The molecule has 1 heterocycles. The number of aryl methyl sites for hydroxylation is 2. The molecule has 2 aliphatic rings. The second kappa shape index (κ2) is 7.56. The van der Waals surface area contributed by atoms with Gasteiger partial charge in [0, 0.05) is 11.4 Å². The van der Waals surface area contributed by atoms with Crippen LogP contribution in [0.3, 0.4) is 0 Å². The molecule has 140 valence electrons. The van der Waals surface area contributed by atoms with Gasteiger partial charge in [-0.1, -0.05) is 18.2 Å². The third kappa shape index (κ3) is 3.71. The number of carbonyl (C=O) groups excluding carboxylic acids is 2. The van der Waals surface area contributed by atoms with Gasteiger partial charge >= 0.3 is 0 Å². The number of hydrogen-bond donors (Lipinski definition) is 1. The van der Waals surface area contributed by atoms with Gasteiger partial charge in [-0.3, -0.25) is 14.5 Å². The van der Waals surface area contributed by atoms with E-state index in [-0.39, 0.29) is 17.2 Å². The summed E-state index contributed by atoms with van der Waals surface area (Å²) in [5.41, 5.74) is 5.49. The van der Waals surface area contributed by atoms with Crippen molar-refractivity contribution >= 4 is 46.6 Å². The highest BCUT2D eigenvalue weighted by Crippen LogP contribution is 2.42. The fourth-order valence-electron chi connectivity index (χ4n) is 3.63. The Morgan fingerprint density at radius 1 is 1.19 bits per heavy atom. The molecular weight excluding hydrogens is 380 g/mol. The SMILES string of the molecule is C[C@H](Cl)C(=O)Nc1ccc([C@@H]2SCC(=O)N2c2ccc3c(c2)CCC3)cc1. The Hall–Kier alpha value is -1.98. The zero-order valence-electron chi connectivity index (χ0n) is 15.1. The lowest BCUT2D eigenvalue weighted by atomic mass is 10.1. The van der Waals surface area contributed by atoms with Crippen LogP contribution in [0.15, 0.2) is 42.5 Å². The van der Waals surface area contributed by atoms with E-state index in [9.17, 15) is 9.59 Å². The molecule has 1 saturated heterocycles. The van der Waals surface area contributed by atoms with Crippen LogP contribution in [0, 0.1) is 0 Å². The van der Waals surface area contributed by atoms with Crippen LogP contribution in [0.1, 0.15) is 35.4 Å². The number of anilines is 2. The van der Waals surface area contributed by atoms with Gasteiger partial charge in [0.15, 0.2) is 0 Å². The number of fused-ring (bicyclic) bond motifs is 1. The summed E-state index contributed by atoms with van der Waals surface area (Å²) in [6.07, 6.45) is 3.42. The van der Waals surface area contributed by atoms with Crippen molar-refractivity contribution in [2.24, 2.45) is 0 Å². The van der Waals surface area contributed by atoms with Gasteiger partial charge < -0.3 is 5.32 Å². The molecule has 1 fully saturated rings. The van der Waals surface area contributed by atoms with Gasteiger partial charge in [-0.25, -0.2) is 0 Å². The zero-order valence-corrected chi connectivity index (χ0v) is 16.6. The molecule has 27 heavy (non-hydrogen) atoms. The number of rotatable bonds is 4. The van der Waals surface area contributed by atoms with Gasteiger partial charge in [0.1, 0.15) is 10.8 Å². The molecule has 4 rings (SSSR count). The number of nitrogens with one attached hydrogen (secondary N) is 1. The topological polar surface area (TPSA) is 49.4 Å². The lowest BCUT2D eigenvalue weighted by Gasteiger charge is -2.25.